The summed E-state index contributed by atoms with van der Waals surface area (Å²) in [5, 5.41) is 5.09. The fourth-order valence-corrected chi connectivity index (χ4v) is 3.44. The molecule has 5 nitrogen and oxygen atoms in total. The molecule has 0 unspecified atom stereocenters. The zero-order valence-corrected chi connectivity index (χ0v) is 14.4. The first-order chi connectivity index (χ1) is 11.4. The first kappa shape index (κ1) is 16.4. The van der Waals surface area contributed by atoms with E-state index >= 15 is 0 Å². The number of thiazole rings is 1. The molecule has 122 valence electrons. The van der Waals surface area contributed by atoms with Gasteiger partial charge in [0.15, 0.2) is 15.0 Å². The molecule has 1 heterocycles. The summed E-state index contributed by atoms with van der Waals surface area (Å²) < 4.78 is 22.9. The minimum Gasteiger partial charge on any atom is -0.298 e. The highest BCUT2D eigenvalue weighted by molar-refractivity contribution is 7.90. The fourth-order valence-electron chi connectivity index (χ4n) is 2.10. The van der Waals surface area contributed by atoms with Crippen molar-refractivity contribution in [1.82, 2.24) is 4.98 Å². The van der Waals surface area contributed by atoms with E-state index in [1.807, 2.05) is 35.7 Å². The maximum atomic E-state index is 12.2. The Hall–Kier alpha value is -2.51. The van der Waals surface area contributed by atoms with Gasteiger partial charge in [0.2, 0.25) is 0 Å². The second kappa shape index (κ2) is 6.54. The van der Waals surface area contributed by atoms with E-state index in [9.17, 15) is 13.2 Å². The number of amides is 1. The second-order valence-corrected chi connectivity index (χ2v) is 8.03. The van der Waals surface area contributed by atoms with Crippen LogP contribution in [-0.2, 0) is 9.84 Å². The van der Waals surface area contributed by atoms with Crippen LogP contribution in [-0.4, -0.2) is 25.6 Å². The van der Waals surface area contributed by atoms with Crippen LogP contribution in [0.25, 0.3) is 11.3 Å². The lowest BCUT2D eigenvalue weighted by atomic mass is 10.2. The summed E-state index contributed by atoms with van der Waals surface area (Å²) in [6.07, 6.45) is 1.13. The predicted molar refractivity (Wildman–Crippen MR) is 95.1 cm³/mol. The lowest BCUT2D eigenvalue weighted by Gasteiger charge is -2.03. The molecule has 0 aliphatic rings. The molecule has 0 aliphatic heterocycles. The Morgan fingerprint density at radius 3 is 2.33 bits per heavy atom. The van der Waals surface area contributed by atoms with E-state index < -0.39 is 9.84 Å². The maximum absolute atomic E-state index is 12.2. The van der Waals surface area contributed by atoms with E-state index in [4.69, 9.17) is 0 Å². The Kier molecular flexibility index (Phi) is 4.46. The van der Waals surface area contributed by atoms with Gasteiger partial charge in [-0.05, 0) is 24.3 Å². The number of carbonyl (C=O) groups is 1. The number of carbonyl (C=O) groups excluding carboxylic acids is 1. The highest BCUT2D eigenvalue weighted by Crippen LogP contribution is 2.25. The minimum absolute atomic E-state index is 0.180. The van der Waals surface area contributed by atoms with Gasteiger partial charge in [-0.2, -0.15) is 0 Å². The lowest BCUT2D eigenvalue weighted by molar-refractivity contribution is 0.102. The van der Waals surface area contributed by atoms with Crippen LogP contribution in [0.2, 0.25) is 0 Å². The normalized spacial score (nSPS) is 11.2. The molecule has 3 rings (SSSR count). The third kappa shape index (κ3) is 3.69. The van der Waals surface area contributed by atoms with Crippen LogP contribution >= 0.6 is 11.3 Å². The summed E-state index contributed by atoms with van der Waals surface area (Å²) in [5.41, 5.74) is 2.15. The number of nitrogens with zero attached hydrogens (tertiary/aromatic N) is 1. The van der Waals surface area contributed by atoms with Gasteiger partial charge < -0.3 is 0 Å². The lowest BCUT2D eigenvalue weighted by Crippen LogP contribution is -2.11. The summed E-state index contributed by atoms with van der Waals surface area (Å²) in [4.78, 5) is 16.8. The minimum atomic E-state index is -3.27. The standard InChI is InChI=1S/C17H14N2O3S2/c1-24(21,22)14-9-7-13(8-10-14)16(20)19-17-18-15(11-23-17)12-5-3-2-4-6-12/h2-11H,1H3,(H,18,19,20). The molecule has 1 N–H and O–H groups in total. The van der Waals surface area contributed by atoms with Crippen LogP contribution in [0.3, 0.4) is 0 Å². The van der Waals surface area contributed by atoms with Gasteiger partial charge in [-0.1, -0.05) is 30.3 Å². The number of hydrogen-bond acceptors (Lipinski definition) is 5. The third-order valence-corrected chi connectivity index (χ3v) is 5.23. The molecule has 0 radical (unpaired) electrons. The number of nitrogens with one attached hydrogen (secondary N) is 1. The van der Waals surface area contributed by atoms with Gasteiger partial charge in [0.1, 0.15) is 0 Å². The van der Waals surface area contributed by atoms with Crippen LogP contribution < -0.4 is 5.32 Å². The SMILES string of the molecule is CS(=O)(=O)c1ccc(C(=O)Nc2nc(-c3ccccc3)cs2)cc1. The molecule has 1 amide bonds. The van der Waals surface area contributed by atoms with Gasteiger partial charge in [-0.25, -0.2) is 13.4 Å². The van der Waals surface area contributed by atoms with E-state index in [0.717, 1.165) is 17.5 Å². The molecular weight excluding hydrogens is 344 g/mol. The molecule has 24 heavy (non-hydrogen) atoms. The van der Waals surface area contributed by atoms with Gasteiger partial charge in [-0.15, -0.1) is 11.3 Å². The van der Waals surface area contributed by atoms with Crippen molar-refractivity contribution in [2.45, 2.75) is 4.90 Å². The summed E-state index contributed by atoms with van der Waals surface area (Å²) in [6, 6.07) is 15.5. The van der Waals surface area contributed by atoms with Gasteiger partial charge >= 0.3 is 0 Å². The molecule has 2 aromatic carbocycles. The summed E-state index contributed by atoms with van der Waals surface area (Å²) in [7, 11) is -3.27. The molecule has 0 fully saturated rings. The molecule has 0 saturated heterocycles. The van der Waals surface area contributed by atoms with Gasteiger partial charge in [0, 0.05) is 22.8 Å². The van der Waals surface area contributed by atoms with Crippen LogP contribution in [0.4, 0.5) is 5.13 Å². The van der Waals surface area contributed by atoms with Crippen molar-refractivity contribution in [2.24, 2.45) is 0 Å². The number of anilines is 1. The number of hydrogen-bond donors (Lipinski definition) is 1. The Balaban J connectivity index is 1.75. The quantitative estimate of drug-likeness (QED) is 0.775. The van der Waals surface area contributed by atoms with E-state index in [1.165, 1.54) is 35.6 Å². The largest absolute Gasteiger partial charge is 0.298 e. The van der Waals surface area contributed by atoms with Crippen LogP contribution in [0, 0.1) is 0 Å². The van der Waals surface area contributed by atoms with Gasteiger partial charge in [0.25, 0.3) is 5.91 Å². The highest BCUT2D eigenvalue weighted by atomic mass is 32.2. The van der Waals surface area contributed by atoms with Crippen LogP contribution in [0.5, 0.6) is 0 Å². The second-order valence-electron chi connectivity index (χ2n) is 5.15. The number of rotatable bonds is 4. The van der Waals surface area contributed by atoms with Crippen molar-refractivity contribution in [3.63, 3.8) is 0 Å². The summed E-state index contributed by atoms with van der Waals surface area (Å²) >= 11 is 1.34. The monoisotopic (exact) mass is 358 g/mol. The predicted octanol–water partition coefficient (Wildman–Crippen LogP) is 3.47. The fraction of sp³-hybridized carbons (Fsp3) is 0.0588. The Labute approximate surface area is 143 Å². The average molecular weight is 358 g/mol. The van der Waals surface area contributed by atoms with Gasteiger partial charge in [-0.3, -0.25) is 10.1 Å². The molecule has 1 aromatic heterocycles. The number of aromatic nitrogens is 1. The third-order valence-electron chi connectivity index (χ3n) is 3.34. The number of sulfone groups is 1. The van der Waals surface area contributed by atoms with E-state index in [-0.39, 0.29) is 10.8 Å². The van der Waals surface area contributed by atoms with Gasteiger partial charge in [0.05, 0.1) is 10.6 Å². The molecule has 0 saturated carbocycles. The van der Waals surface area contributed by atoms with Crippen molar-refractivity contribution < 1.29 is 13.2 Å². The molecule has 0 spiro atoms. The van der Waals surface area contributed by atoms with Crippen LogP contribution in [0.15, 0.2) is 64.9 Å². The average Bonchev–Trinajstić information content (AvgIpc) is 3.03. The maximum Gasteiger partial charge on any atom is 0.257 e. The zero-order chi connectivity index (χ0) is 17.2. The molecule has 3 aromatic rings. The topological polar surface area (TPSA) is 76.1 Å². The Morgan fingerprint density at radius 1 is 1.04 bits per heavy atom. The highest BCUT2D eigenvalue weighted by Gasteiger charge is 2.12. The molecule has 0 atom stereocenters. The molecule has 0 aliphatic carbocycles. The van der Waals surface area contributed by atoms with E-state index in [1.54, 1.807) is 0 Å². The first-order valence-electron chi connectivity index (χ1n) is 7.06. The van der Waals surface area contributed by atoms with Crippen molar-refractivity contribution in [1.29, 1.82) is 0 Å². The van der Waals surface area contributed by atoms with Crippen molar-refractivity contribution in [3.05, 3.63) is 65.5 Å². The smallest absolute Gasteiger partial charge is 0.257 e. The van der Waals surface area contributed by atoms with E-state index in [0.29, 0.717) is 10.7 Å². The zero-order valence-electron chi connectivity index (χ0n) is 12.8. The Morgan fingerprint density at radius 2 is 1.71 bits per heavy atom. The summed E-state index contributed by atoms with van der Waals surface area (Å²) in [5.74, 6) is -0.330. The number of benzene rings is 2. The summed E-state index contributed by atoms with van der Waals surface area (Å²) in [6.45, 7) is 0. The molecule has 0 bridgehead atoms. The van der Waals surface area contributed by atoms with E-state index in [2.05, 4.69) is 10.3 Å². The first-order valence-corrected chi connectivity index (χ1v) is 9.83. The Bertz CT molecular complexity index is 963. The molecular formula is C17H14N2O3S2. The van der Waals surface area contributed by atoms with Crippen molar-refractivity contribution >= 4 is 32.2 Å². The van der Waals surface area contributed by atoms with Crippen LogP contribution in [0.1, 0.15) is 10.4 Å². The van der Waals surface area contributed by atoms with Crippen molar-refractivity contribution in [3.8, 4) is 11.3 Å². The van der Waals surface area contributed by atoms with Crippen molar-refractivity contribution in [2.75, 3.05) is 11.6 Å². The molecule has 7 heteroatoms.